The number of nitrogens with zero attached hydrogens (tertiary/aromatic N) is 2. The monoisotopic (exact) mass is 272 g/mol. The van der Waals surface area contributed by atoms with Crippen molar-refractivity contribution in [2.45, 2.75) is 13.5 Å². The minimum absolute atomic E-state index is 0.287. The van der Waals surface area contributed by atoms with Crippen LogP contribution in [0.5, 0.6) is 0 Å². The molecule has 0 heterocycles. The molecular formula is C16H14F2N2. The topological polar surface area (TPSA) is 27.0 Å². The van der Waals surface area contributed by atoms with Crippen LogP contribution in [-0.2, 0) is 6.54 Å². The lowest BCUT2D eigenvalue weighted by molar-refractivity contribution is 0.622. The third kappa shape index (κ3) is 3.33. The van der Waals surface area contributed by atoms with E-state index in [1.165, 1.54) is 24.3 Å². The number of hydrogen-bond donors (Lipinski definition) is 0. The molecule has 2 rings (SSSR count). The molecule has 0 saturated carbocycles. The van der Waals surface area contributed by atoms with Gasteiger partial charge in [-0.1, -0.05) is 6.07 Å². The number of anilines is 1. The maximum atomic E-state index is 13.4. The Morgan fingerprint density at radius 1 is 1.10 bits per heavy atom. The molecule has 0 radical (unpaired) electrons. The van der Waals surface area contributed by atoms with E-state index in [1.54, 1.807) is 18.2 Å². The van der Waals surface area contributed by atoms with Crippen LogP contribution in [0.25, 0.3) is 0 Å². The summed E-state index contributed by atoms with van der Waals surface area (Å²) >= 11 is 0. The molecular weight excluding hydrogens is 258 g/mol. The van der Waals surface area contributed by atoms with Crippen LogP contribution in [0.4, 0.5) is 14.5 Å². The molecule has 2 aromatic carbocycles. The van der Waals surface area contributed by atoms with Crippen molar-refractivity contribution < 1.29 is 8.78 Å². The summed E-state index contributed by atoms with van der Waals surface area (Å²) in [5.41, 5.74) is 1.71. The van der Waals surface area contributed by atoms with Gasteiger partial charge in [0.25, 0.3) is 0 Å². The Hall–Kier alpha value is -2.41. The molecule has 0 unspecified atom stereocenters. The van der Waals surface area contributed by atoms with Crippen LogP contribution in [-0.4, -0.2) is 6.54 Å². The van der Waals surface area contributed by atoms with Gasteiger partial charge in [0.1, 0.15) is 11.6 Å². The minimum Gasteiger partial charge on any atom is -0.367 e. The van der Waals surface area contributed by atoms with Crippen LogP contribution in [0, 0.1) is 23.0 Å². The number of rotatable bonds is 4. The molecule has 0 amide bonds. The quantitative estimate of drug-likeness (QED) is 0.845. The summed E-state index contributed by atoms with van der Waals surface area (Å²) in [6.45, 7) is 3.02. The van der Waals surface area contributed by atoms with Gasteiger partial charge in [-0.05, 0) is 48.9 Å². The van der Waals surface area contributed by atoms with E-state index in [4.69, 9.17) is 5.26 Å². The molecule has 4 heteroatoms. The molecule has 0 bridgehead atoms. The first kappa shape index (κ1) is 14.0. The molecule has 2 aromatic rings. The first-order valence-electron chi connectivity index (χ1n) is 6.32. The smallest absolute Gasteiger partial charge is 0.125 e. The van der Waals surface area contributed by atoms with Gasteiger partial charge in [-0.25, -0.2) is 8.78 Å². The zero-order valence-electron chi connectivity index (χ0n) is 11.1. The van der Waals surface area contributed by atoms with Crippen molar-refractivity contribution in [3.63, 3.8) is 0 Å². The largest absolute Gasteiger partial charge is 0.367 e. The molecule has 0 fully saturated rings. The highest BCUT2D eigenvalue weighted by atomic mass is 19.1. The summed E-state index contributed by atoms with van der Waals surface area (Å²) in [4.78, 5) is 1.92. The molecule has 2 nitrogen and oxygen atoms in total. The maximum absolute atomic E-state index is 13.4. The summed E-state index contributed by atoms with van der Waals surface area (Å²) < 4.78 is 26.7. The van der Waals surface area contributed by atoms with Crippen LogP contribution >= 0.6 is 0 Å². The van der Waals surface area contributed by atoms with Crippen molar-refractivity contribution in [1.29, 1.82) is 5.26 Å². The predicted octanol–water partition coefficient (Wildman–Crippen LogP) is 3.86. The van der Waals surface area contributed by atoms with Crippen LogP contribution in [0.1, 0.15) is 18.1 Å². The zero-order valence-corrected chi connectivity index (χ0v) is 11.1. The molecule has 0 aliphatic rings. The molecule has 0 atom stereocenters. The predicted molar refractivity (Wildman–Crippen MR) is 74.2 cm³/mol. The first-order chi connectivity index (χ1) is 9.62. The fraction of sp³-hybridized carbons (Fsp3) is 0.188. The van der Waals surface area contributed by atoms with E-state index in [1.807, 2.05) is 17.9 Å². The summed E-state index contributed by atoms with van der Waals surface area (Å²) in [6, 6.07) is 12.4. The van der Waals surface area contributed by atoms with Crippen molar-refractivity contribution in [1.82, 2.24) is 0 Å². The highest BCUT2D eigenvalue weighted by Gasteiger charge is 2.08. The lowest BCUT2D eigenvalue weighted by atomic mass is 10.1. The second-order valence-corrected chi connectivity index (χ2v) is 4.45. The Kier molecular flexibility index (Phi) is 4.31. The summed E-state index contributed by atoms with van der Waals surface area (Å²) in [5.74, 6) is -0.743. The van der Waals surface area contributed by atoms with Gasteiger partial charge in [-0.2, -0.15) is 5.26 Å². The van der Waals surface area contributed by atoms with Gasteiger partial charge in [-0.3, -0.25) is 0 Å². The summed E-state index contributed by atoms with van der Waals surface area (Å²) in [7, 11) is 0. The minimum atomic E-state index is -0.436. The summed E-state index contributed by atoms with van der Waals surface area (Å²) in [6.07, 6.45) is 0. The van der Waals surface area contributed by atoms with Crippen molar-refractivity contribution in [3.05, 3.63) is 65.2 Å². The van der Waals surface area contributed by atoms with E-state index < -0.39 is 5.82 Å². The van der Waals surface area contributed by atoms with Crippen molar-refractivity contribution in [2.24, 2.45) is 0 Å². The fourth-order valence-corrected chi connectivity index (χ4v) is 2.09. The molecule has 0 N–H and O–H groups in total. The second-order valence-electron chi connectivity index (χ2n) is 4.45. The molecule has 0 aromatic heterocycles. The van der Waals surface area contributed by atoms with E-state index >= 15 is 0 Å². The maximum Gasteiger partial charge on any atom is 0.125 e. The normalized spacial score (nSPS) is 10.1. The van der Waals surface area contributed by atoms with E-state index in [0.29, 0.717) is 18.7 Å². The SMILES string of the molecule is CCN(Cc1cc(F)cc(C#N)c1)c1cccc(F)c1. The third-order valence-electron chi connectivity index (χ3n) is 3.02. The van der Waals surface area contributed by atoms with Crippen molar-refractivity contribution in [3.8, 4) is 6.07 Å². The van der Waals surface area contributed by atoms with Crippen LogP contribution in [0.15, 0.2) is 42.5 Å². The average molecular weight is 272 g/mol. The Morgan fingerprint density at radius 3 is 2.55 bits per heavy atom. The Bertz CT molecular complexity index is 647. The van der Waals surface area contributed by atoms with Gasteiger partial charge >= 0.3 is 0 Å². The standard InChI is InChI=1S/C16H14F2N2/c1-2-20(16-5-3-4-14(17)9-16)11-13-6-12(10-19)7-15(18)8-13/h3-9H,2,11H2,1H3. The highest BCUT2D eigenvalue weighted by Crippen LogP contribution is 2.19. The van der Waals surface area contributed by atoms with Gasteiger partial charge in [-0.15, -0.1) is 0 Å². The van der Waals surface area contributed by atoms with E-state index in [2.05, 4.69) is 0 Å². The van der Waals surface area contributed by atoms with Gasteiger partial charge in [0.05, 0.1) is 11.6 Å². The Labute approximate surface area is 116 Å². The number of benzene rings is 2. The van der Waals surface area contributed by atoms with E-state index in [-0.39, 0.29) is 11.4 Å². The van der Waals surface area contributed by atoms with Gasteiger partial charge in [0.15, 0.2) is 0 Å². The molecule has 0 saturated heterocycles. The van der Waals surface area contributed by atoms with Crippen molar-refractivity contribution in [2.75, 3.05) is 11.4 Å². The molecule has 0 aliphatic heterocycles. The molecule has 20 heavy (non-hydrogen) atoms. The van der Waals surface area contributed by atoms with Gasteiger partial charge in [0.2, 0.25) is 0 Å². The lowest BCUT2D eigenvalue weighted by Gasteiger charge is -2.23. The van der Waals surface area contributed by atoms with Gasteiger partial charge < -0.3 is 4.90 Å². The number of halogens is 2. The number of hydrogen-bond acceptors (Lipinski definition) is 2. The number of nitriles is 1. The third-order valence-corrected chi connectivity index (χ3v) is 3.02. The summed E-state index contributed by atoms with van der Waals surface area (Å²) in [5, 5.41) is 8.85. The highest BCUT2D eigenvalue weighted by molar-refractivity contribution is 5.47. The second kappa shape index (κ2) is 6.16. The van der Waals surface area contributed by atoms with Crippen LogP contribution in [0.2, 0.25) is 0 Å². The fourth-order valence-electron chi connectivity index (χ4n) is 2.09. The van der Waals surface area contributed by atoms with Gasteiger partial charge in [0, 0.05) is 18.8 Å². The lowest BCUT2D eigenvalue weighted by Crippen LogP contribution is -2.22. The molecule has 0 spiro atoms. The van der Waals surface area contributed by atoms with Crippen LogP contribution < -0.4 is 4.90 Å². The molecule has 102 valence electrons. The zero-order chi connectivity index (χ0) is 14.5. The van der Waals surface area contributed by atoms with E-state index in [0.717, 1.165) is 5.69 Å². The molecule has 0 aliphatic carbocycles. The first-order valence-corrected chi connectivity index (χ1v) is 6.32. The van der Waals surface area contributed by atoms with Crippen LogP contribution in [0.3, 0.4) is 0 Å². The van der Waals surface area contributed by atoms with Crippen molar-refractivity contribution >= 4 is 5.69 Å². The Morgan fingerprint density at radius 2 is 1.90 bits per heavy atom. The Balaban J connectivity index is 2.27. The average Bonchev–Trinajstić information content (AvgIpc) is 2.44. The van der Waals surface area contributed by atoms with E-state index in [9.17, 15) is 8.78 Å².